The predicted octanol–water partition coefficient (Wildman–Crippen LogP) is 3.34. The summed E-state index contributed by atoms with van der Waals surface area (Å²) in [6, 6.07) is 4.98. The van der Waals surface area contributed by atoms with Crippen molar-refractivity contribution >= 4 is 5.91 Å². The Morgan fingerprint density at radius 1 is 1.37 bits per heavy atom. The number of hydrogen-bond acceptors (Lipinski definition) is 3. The van der Waals surface area contributed by atoms with Crippen molar-refractivity contribution in [3.05, 3.63) is 46.8 Å². The number of nitrogens with one attached hydrogen (secondary N) is 1. The number of benzene rings is 1. The van der Waals surface area contributed by atoms with E-state index >= 15 is 0 Å². The van der Waals surface area contributed by atoms with Crippen LogP contribution in [0.15, 0.2) is 24.3 Å². The fourth-order valence-electron chi connectivity index (χ4n) is 3.34. The van der Waals surface area contributed by atoms with Crippen LogP contribution in [0.25, 0.3) is 5.69 Å². The Kier molecular flexibility index (Phi) is 5.28. The quantitative estimate of drug-likeness (QED) is 0.884. The summed E-state index contributed by atoms with van der Waals surface area (Å²) >= 11 is 0. The number of hydrogen-bond donors (Lipinski definition) is 1. The van der Waals surface area contributed by atoms with Crippen molar-refractivity contribution in [2.24, 2.45) is 0 Å². The molecular formula is C19H22F3N3O2. The van der Waals surface area contributed by atoms with Crippen molar-refractivity contribution in [1.29, 1.82) is 0 Å². The van der Waals surface area contributed by atoms with Crippen LogP contribution in [0.3, 0.4) is 0 Å². The number of nitrogens with zero attached hydrogens (tertiary/aromatic N) is 2. The number of rotatable bonds is 4. The lowest BCUT2D eigenvalue weighted by Gasteiger charge is -2.16. The third-order valence-corrected chi connectivity index (χ3v) is 4.92. The van der Waals surface area contributed by atoms with E-state index in [9.17, 15) is 18.0 Å². The Morgan fingerprint density at radius 3 is 2.74 bits per heavy atom. The smallest absolute Gasteiger partial charge is 0.376 e. The van der Waals surface area contributed by atoms with Crippen LogP contribution in [0.4, 0.5) is 13.2 Å². The summed E-state index contributed by atoms with van der Waals surface area (Å²) in [5.74, 6) is -0.146. The lowest BCUT2D eigenvalue weighted by Crippen LogP contribution is -2.40. The first-order valence-corrected chi connectivity index (χ1v) is 8.80. The maximum atomic E-state index is 13.0. The summed E-state index contributed by atoms with van der Waals surface area (Å²) in [7, 11) is 0. The van der Waals surface area contributed by atoms with E-state index in [1.807, 2.05) is 6.92 Å². The summed E-state index contributed by atoms with van der Waals surface area (Å²) in [6.07, 6.45) is -3.55. The second-order valence-electron chi connectivity index (χ2n) is 6.82. The van der Waals surface area contributed by atoms with Gasteiger partial charge in [0.05, 0.1) is 35.5 Å². The zero-order valence-corrected chi connectivity index (χ0v) is 15.4. The molecule has 1 aliphatic rings. The fourth-order valence-corrected chi connectivity index (χ4v) is 3.34. The third kappa shape index (κ3) is 4.16. The Labute approximate surface area is 155 Å². The highest BCUT2D eigenvalue weighted by atomic mass is 19.4. The van der Waals surface area contributed by atoms with Gasteiger partial charge in [0.2, 0.25) is 5.91 Å². The summed E-state index contributed by atoms with van der Waals surface area (Å²) in [5.41, 5.74) is 1.57. The molecule has 1 fully saturated rings. The molecule has 0 bridgehead atoms. The van der Waals surface area contributed by atoms with Crippen LogP contribution < -0.4 is 5.32 Å². The maximum Gasteiger partial charge on any atom is 0.416 e. The third-order valence-electron chi connectivity index (χ3n) is 4.92. The Balaban J connectivity index is 1.82. The molecule has 2 aromatic rings. The van der Waals surface area contributed by atoms with E-state index in [1.165, 1.54) is 10.7 Å². The number of aryl methyl sites for hydroxylation is 1. The van der Waals surface area contributed by atoms with Crippen molar-refractivity contribution in [2.75, 3.05) is 6.61 Å². The number of halogens is 3. The van der Waals surface area contributed by atoms with E-state index in [0.29, 0.717) is 23.7 Å². The average Bonchev–Trinajstić information content (AvgIpc) is 3.12. The molecule has 2 unspecified atom stereocenters. The van der Waals surface area contributed by atoms with Crippen LogP contribution in [-0.2, 0) is 22.1 Å². The minimum absolute atomic E-state index is 0.0170. The predicted molar refractivity (Wildman–Crippen MR) is 93.7 cm³/mol. The fraction of sp³-hybridized carbons (Fsp3) is 0.474. The van der Waals surface area contributed by atoms with Gasteiger partial charge in [0, 0.05) is 17.9 Å². The van der Waals surface area contributed by atoms with E-state index in [4.69, 9.17) is 4.74 Å². The average molecular weight is 381 g/mol. The van der Waals surface area contributed by atoms with E-state index in [1.54, 1.807) is 19.9 Å². The Bertz CT molecular complexity index is 845. The van der Waals surface area contributed by atoms with Crippen LogP contribution in [0.5, 0.6) is 0 Å². The van der Waals surface area contributed by atoms with Crippen molar-refractivity contribution in [1.82, 2.24) is 15.1 Å². The van der Waals surface area contributed by atoms with Crippen LogP contribution in [-0.4, -0.2) is 34.4 Å². The van der Waals surface area contributed by atoms with Crippen LogP contribution >= 0.6 is 0 Å². The summed E-state index contributed by atoms with van der Waals surface area (Å²) < 4.78 is 45.8. The zero-order chi connectivity index (χ0) is 19.8. The molecule has 3 rings (SSSR count). The lowest BCUT2D eigenvalue weighted by atomic mass is 10.1. The molecule has 1 amide bonds. The van der Waals surface area contributed by atoms with Crippen molar-refractivity contribution in [3.8, 4) is 5.69 Å². The minimum Gasteiger partial charge on any atom is -0.376 e. The molecule has 27 heavy (non-hydrogen) atoms. The highest BCUT2D eigenvalue weighted by Gasteiger charge is 2.31. The molecule has 5 nitrogen and oxygen atoms in total. The second-order valence-corrected chi connectivity index (χ2v) is 6.82. The Hall–Kier alpha value is -2.35. The molecule has 0 spiro atoms. The van der Waals surface area contributed by atoms with Gasteiger partial charge in [0.1, 0.15) is 0 Å². The molecule has 8 heteroatoms. The molecule has 2 heterocycles. The van der Waals surface area contributed by atoms with Crippen molar-refractivity contribution in [2.45, 2.75) is 51.9 Å². The maximum absolute atomic E-state index is 13.0. The molecule has 0 aliphatic carbocycles. The van der Waals surface area contributed by atoms with E-state index in [-0.39, 0.29) is 24.5 Å². The van der Waals surface area contributed by atoms with Gasteiger partial charge in [-0.3, -0.25) is 4.79 Å². The van der Waals surface area contributed by atoms with E-state index in [2.05, 4.69) is 10.4 Å². The lowest BCUT2D eigenvalue weighted by molar-refractivity contribution is -0.137. The SMILES string of the molecule is Cc1nn(-c2cccc(C(F)(F)F)c2)c(C)c1CC(=O)NC1CCOC1C. The highest BCUT2D eigenvalue weighted by molar-refractivity contribution is 5.79. The van der Waals surface area contributed by atoms with Gasteiger partial charge in [0.25, 0.3) is 0 Å². The number of carbonyl (C=O) groups excluding carboxylic acids is 1. The van der Waals surface area contributed by atoms with Gasteiger partial charge >= 0.3 is 6.18 Å². The first-order valence-electron chi connectivity index (χ1n) is 8.80. The van der Waals surface area contributed by atoms with Gasteiger partial charge in [-0.2, -0.15) is 18.3 Å². The summed E-state index contributed by atoms with van der Waals surface area (Å²) in [5, 5.41) is 7.31. The molecule has 1 aromatic heterocycles. The number of aromatic nitrogens is 2. The van der Waals surface area contributed by atoms with Crippen LogP contribution in [0.2, 0.25) is 0 Å². The van der Waals surface area contributed by atoms with Gasteiger partial charge in [-0.05, 0) is 45.4 Å². The first-order chi connectivity index (χ1) is 12.7. The normalized spacial score (nSPS) is 20.1. The van der Waals surface area contributed by atoms with E-state index < -0.39 is 11.7 Å². The zero-order valence-electron chi connectivity index (χ0n) is 15.4. The van der Waals surface area contributed by atoms with Gasteiger partial charge in [-0.1, -0.05) is 6.07 Å². The van der Waals surface area contributed by atoms with Crippen LogP contribution in [0, 0.1) is 13.8 Å². The topological polar surface area (TPSA) is 56.2 Å². The van der Waals surface area contributed by atoms with Gasteiger partial charge in [0.15, 0.2) is 0 Å². The van der Waals surface area contributed by atoms with Crippen molar-refractivity contribution in [3.63, 3.8) is 0 Å². The number of carbonyl (C=O) groups is 1. The molecule has 1 aliphatic heterocycles. The standard InChI is InChI=1S/C19H22F3N3O2/c1-11-16(10-18(26)23-17-7-8-27-13(17)3)12(2)25(24-11)15-6-4-5-14(9-15)19(20,21)22/h4-6,9,13,17H,7-8,10H2,1-3H3,(H,23,26). The molecule has 1 aromatic carbocycles. The largest absolute Gasteiger partial charge is 0.416 e. The highest BCUT2D eigenvalue weighted by Crippen LogP contribution is 2.31. The van der Waals surface area contributed by atoms with E-state index in [0.717, 1.165) is 24.1 Å². The molecule has 146 valence electrons. The van der Waals surface area contributed by atoms with Gasteiger partial charge in [-0.15, -0.1) is 0 Å². The van der Waals surface area contributed by atoms with Gasteiger partial charge in [-0.25, -0.2) is 4.68 Å². The summed E-state index contributed by atoms with van der Waals surface area (Å²) in [6.45, 7) is 6.04. The Morgan fingerprint density at radius 2 is 2.11 bits per heavy atom. The first kappa shape index (κ1) is 19.4. The van der Waals surface area contributed by atoms with Gasteiger partial charge < -0.3 is 10.1 Å². The molecule has 0 saturated carbocycles. The number of ether oxygens (including phenoxy) is 1. The summed E-state index contributed by atoms with van der Waals surface area (Å²) in [4.78, 5) is 12.4. The molecule has 2 atom stereocenters. The molecular weight excluding hydrogens is 359 g/mol. The monoisotopic (exact) mass is 381 g/mol. The molecule has 1 saturated heterocycles. The number of amides is 1. The molecule has 1 N–H and O–H groups in total. The minimum atomic E-state index is -4.42. The van der Waals surface area contributed by atoms with Crippen molar-refractivity contribution < 1.29 is 22.7 Å². The molecule has 0 radical (unpaired) electrons. The van der Waals surface area contributed by atoms with Crippen LogP contribution in [0.1, 0.15) is 35.9 Å². The second kappa shape index (κ2) is 7.34. The number of alkyl halides is 3.